The average Bonchev–Trinajstić information content (AvgIpc) is 3.89. The van der Waals surface area contributed by atoms with E-state index in [1.165, 1.54) is 83.5 Å². The highest BCUT2D eigenvalue weighted by Crippen LogP contribution is 2.66. The molecule has 1 nitrogen and oxygen atoms in total. The van der Waals surface area contributed by atoms with Crippen molar-refractivity contribution in [1.82, 2.24) is 0 Å². The zero-order valence-corrected chi connectivity index (χ0v) is 28.7. The van der Waals surface area contributed by atoms with Crippen LogP contribution in [0.5, 0.6) is 0 Å². The van der Waals surface area contributed by atoms with Gasteiger partial charge in [-0.1, -0.05) is 152 Å². The molecule has 1 heteroatoms. The van der Waals surface area contributed by atoms with E-state index in [4.69, 9.17) is 0 Å². The molecule has 0 radical (unpaired) electrons. The number of allylic oxidation sites excluding steroid dienone is 8. The minimum absolute atomic E-state index is 0.102. The maximum Gasteiger partial charge on any atom is 0.192 e. The van der Waals surface area contributed by atoms with Gasteiger partial charge in [0, 0.05) is 17.1 Å². The van der Waals surface area contributed by atoms with Gasteiger partial charge in [-0.25, -0.2) is 0 Å². The number of carbonyl (C=O) groups is 1. The molecular formula is C51H34O. The summed E-state index contributed by atoms with van der Waals surface area (Å²) >= 11 is 0. The van der Waals surface area contributed by atoms with Gasteiger partial charge in [-0.05, 0) is 115 Å². The zero-order chi connectivity index (χ0) is 34.2. The monoisotopic (exact) mass is 662 g/mol. The first-order valence-electron chi connectivity index (χ1n) is 18.7. The van der Waals surface area contributed by atoms with Gasteiger partial charge in [0.25, 0.3) is 0 Å². The molecule has 0 aliphatic heterocycles. The number of ketones is 1. The van der Waals surface area contributed by atoms with Crippen molar-refractivity contribution in [2.45, 2.75) is 36.0 Å². The van der Waals surface area contributed by atoms with E-state index in [-0.39, 0.29) is 11.7 Å². The maximum atomic E-state index is 15.0. The van der Waals surface area contributed by atoms with Crippen molar-refractivity contribution in [2.24, 2.45) is 0 Å². The molecular weight excluding hydrogens is 629 g/mol. The fourth-order valence-corrected chi connectivity index (χ4v) is 11.3. The molecule has 6 aliphatic rings. The summed E-state index contributed by atoms with van der Waals surface area (Å²) in [7, 11) is 0. The van der Waals surface area contributed by atoms with Crippen molar-refractivity contribution in [3.8, 4) is 22.3 Å². The van der Waals surface area contributed by atoms with Crippen LogP contribution in [0.1, 0.15) is 80.0 Å². The van der Waals surface area contributed by atoms with Crippen LogP contribution in [0, 0.1) is 0 Å². The molecule has 0 aromatic heterocycles. The number of hydrogen-bond donors (Lipinski definition) is 0. The Kier molecular flexibility index (Phi) is 5.53. The Hall–Kier alpha value is -6.05. The molecule has 0 fully saturated rings. The van der Waals surface area contributed by atoms with E-state index in [1.807, 2.05) is 0 Å². The fourth-order valence-electron chi connectivity index (χ4n) is 11.3. The standard InChI is InChI=1S/C51H34O/c52-49(31-25-27-39-37-17-5-11-23-45(37)50(47(39)29-31)41-19-7-1-13-33(41)34-14-2-8-20-42(34)50)32-26-28-40-38-18-6-12-24-46(38)51(48(40)30-32)43-21-9-3-15-35(43)36-16-4-10-22-44(36)51/h1-3,5-15,17-26,28-30,39H,4,16,27H2. The van der Waals surface area contributed by atoms with Crippen molar-refractivity contribution < 1.29 is 4.79 Å². The third-order valence-electron chi connectivity index (χ3n) is 13.2. The van der Waals surface area contributed by atoms with Crippen molar-refractivity contribution in [3.05, 3.63) is 231 Å². The molecule has 52 heavy (non-hydrogen) atoms. The molecule has 0 saturated carbocycles. The molecule has 12 rings (SSSR count). The molecule has 0 bridgehead atoms. The van der Waals surface area contributed by atoms with Gasteiger partial charge in [-0.15, -0.1) is 0 Å². The van der Waals surface area contributed by atoms with Crippen LogP contribution in [0.3, 0.4) is 0 Å². The average molecular weight is 663 g/mol. The Morgan fingerprint density at radius 1 is 0.558 bits per heavy atom. The minimum atomic E-state index is -0.427. The van der Waals surface area contributed by atoms with Crippen molar-refractivity contribution in [3.63, 3.8) is 0 Å². The Labute approximate surface area is 304 Å². The minimum Gasteiger partial charge on any atom is -0.289 e. The quantitative estimate of drug-likeness (QED) is 0.169. The first kappa shape index (κ1) is 28.6. The van der Waals surface area contributed by atoms with E-state index in [0.717, 1.165) is 30.4 Å². The summed E-state index contributed by atoms with van der Waals surface area (Å²) in [5.41, 5.74) is 20.6. The lowest BCUT2D eigenvalue weighted by Crippen LogP contribution is -2.28. The van der Waals surface area contributed by atoms with E-state index < -0.39 is 10.8 Å². The topological polar surface area (TPSA) is 17.1 Å². The summed E-state index contributed by atoms with van der Waals surface area (Å²) in [6.07, 6.45) is 12.1. The number of carbonyl (C=O) groups excluding carboxylic acids is 1. The predicted octanol–water partition coefficient (Wildman–Crippen LogP) is 11.7. The van der Waals surface area contributed by atoms with Gasteiger partial charge in [0.2, 0.25) is 0 Å². The molecule has 6 aromatic rings. The number of rotatable bonds is 2. The van der Waals surface area contributed by atoms with Crippen LogP contribution in [-0.2, 0) is 10.8 Å². The zero-order valence-electron chi connectivity index (χ0n) is 28.7. The second kappa shape index (κ2) is 10.0. The third kappa shape index (κ3) is 3.25. The normalized spacial score (nSPS) is 21.4. The molecule has 6 aliphatic carbocycles. The second-order valence-corrected chi connectivity index (χ2v) is 15.2. The predicted molar refractivity (Wildman–Crippen MR) is 210 cm³/mol. The van der Waals surface area contributed by atoms with E-state index >= 15 is 4.79 Å². The summed E-state index contributed by atoms with van der Waals surface area (Å²) < 4.78 is 0. The van der Waals surface area contributed by atoms with Gasteiger partial charge in [-0.2, -0.15) is 0 Å². The maximum absolute atomic E-state index is 15.0. The Balaban J connectivity index is 1.05. The summed E-state index contributed by atoms with van der Waals surface area (Å²) in [5, 5.41) is 0. The Morgan fingerprint density at radius 3 is 1.81 bits per heavy atom. The molecule has 0 saturated heterocycles. The SMILES string of the molecule is O=C(C1=CCC2C(=C1)C1(c3ccccc3-c3ccccc31)c1ccccc12)c1ccc2c(c1)C1(C3=C(CCC=C3)c3ccccc31)c1ccccc1-2. The van der Waals surface area contributed by atoms with Crippen molar-refractivity contribution in [1.29, 1.82) is 0 Å². The summed E-state index contributed by atoms with van der Waals surface area (Å²) in [4.78, 5) is 15.0. The largest absolute Gasteiger partial charge is 0.289 e. The highest BCUT2D eigenvalue weighted by Gasteiger charge is 2.56. The lowest BCUT2D eigenvalue weighted by atomic mass is 9.67. The second-order valence-electron chi connectivity index (χ2n) is 15.2. The molecule has 0 heterocycles. The lowest BCUT2D eigenvalue weighted by Gasteiger charge is -2.33. The molecule has 6 aromatic carbocycles. The molecule has 2 unspecified atom stereocenters. The number of benzene rings is 6. The highest BCUT2D eigenvalue weighted by atomic mass is 16.1. The van der Waals surface area contributed by atoms with Crippen LogP contribution in [0.2, 0.25) is 0 Å². The molecule has 2 spiro atoms. The highest BCUT2D eigenvalue weighted by molar-refractivity contribution is 6.12. The van der Waals surface area contributed by atoms with Crippen molar-refractivity contribution in [2.75, 3.05) is 0 Å². The van der Waals surface area contributed by atoms with Gasteiger partial charge in [0.15, 0.2) is 5.78 Å². The smallest absolute Gasteiger partial charge is 0.192 e. The summed E-state index contributed by atoms with van der Waals surface area (Å²) in [5.74, 6) is 0.327. The van der Waals surface area contributed by atoms with Crippen LogP contribution < -0.4 is 0 Å². The summed E-state index contributed by atoms with van der Waals surface area (Å²) in [6, 6.07) is 51.3. The number of hydrogen-bond acceptors (Lipinski definition) is 1. The van der Waals surface area contributed by atoms with Crippen LogP contribution in [-0.4, -0.2) is 5.78 Å². The van der Waals surface area contributed by atoms with Crippen LogP contribution in [0.25, 0.3) is 27.8 Å². The van der Waals surface area contributed by atoms with Crippen molar-refractivity contribution >= 4 is 11.4 Å². The lowest BCUT2D eigenvalue weighted by molar-refractivity contribution is 0.103. The Bertz CT molecular complexity index is 2700. The molecule has 0 N–H and O–H groups in total. The molecule has 0 amide bonds. The van der Waals surface area contributed by atoms with E-state index in [0.29, 0.717) is 0 Å². The number of Topliss-reactive ketones (excluding diaryl/α,β-unsaturated/α-hetero) is 1. The van der Waals surface area contributed by atoms with Crippen LogP contribution in [0.4, 0.5) is 0 Å². The van der Waals surface area contributed by atoms with Gasteiger partial charge < -0.3 is 0 Å². The van der Waals surface area contributed by atoms with Gasteiger partial charge in [0.1, 0.15) is 0 Å². The van der Waals surface area contributed by atoms with Crippen LogP contribution >= 0.6 is 0 Å². The van der Waals surface area contributed by atoms with Gasteiger partial charge in [0.05, 0.1) is 10.8 Å². The third-order valence-corrected chi connectivity index (χ3v) is 13.2. The van der Waals surface area contributed by atoms with Gasteiger partial charge >= 0.3 is 0 Å². The van der Waals surface area contributed by atoms with E-state index in [1.54, 1.807) is 0 Å². The van der Waals surface area contributed by atoms with Crippen LogP contribution in [0.15, 0.2) is 181 Å². The summed E-state index contributed by atoms with van der Waals surface area (Å²) in [6.45, 7) is 0. The fraction of sp³-hybridized carbons (Fsp3) is 0.118. The van der Waals surface area contributed by atoms with E-state index in [2.05, 4.69) is 164 Å². The Morgan fingerprint density at radius 2 is 1.12 bits per heavy atom. The van der Waals surface area contributed by atoms with E-state index in [9.17, 15) is 0 Å². The first-order valence-corrected chi connectivity index (χ1v) is 18.7. The molecule has 244 valence electrons. The van der Waals surface area contributed by atoms with Gasteiger partial charge in [-0.3, -0.25) is 4.79 Å². The first-order chi connectivity index (χ1) is 25.7. The molecule has 2 atom stereocenters. The number of fused-ring (bicyclic) bond motifs is 19.